The van der Waals surface area contributed by atoms with Gasteiger partial charge in [0.15, 0.2) is 0 Å². The second kappa shape index (κ2) is 7.44. The maximum atomic E-state index is 13.0. The number of nitrogens with one attached hydrogen (secondary N) is 1. The summed E-state index contributed by atoms with van der Waals surface area (Å²) < 4.78 is 39.1. The van der Waals surface area contributed by atoms with E-state index in [0.29, 0.717) is 27.5 Å². The number of methoxy groups -OCH3 is 1. The first-order chi connectivity index (χ1) is 14.7. The zero-order valence-electron chi connectivity index (χ0n) is 16.5. The normalized spacial score (nSPS) is 11.5. The van der Waals surface area contributed by atoms with E-state index in [9.17, 15) is 23.1 Å². The van der Waals surface area contributed by atoms with E-state index in [1.165, 1.54) is 25.3 Å². The largest absolute Gasteiger partial charge is 0.545 e. The van der Waals surface area contributed by atoms with Crippen LogP contribution < -0.4 is 9.83 Å². The summed E-state index contributed by atoms with van der Waals surface area (Å²) >= 11 is 0. The van der Waals surface area contributed by atoms with Crippen molar-refractivity contribution in [2.24, 2.45) is 0 Å². The van der Waals surface area contributed by atoms with Crippen LogP contribution in [0.5, 0.6) is 0 Å². The molecule has 1 aromatic heterocycles. The topological polar surface area (TPSA) is 126 Å². The highest BCUT2D eigenvalue weighted by molar-refractivity contribution is 7.92. The van der Waals surface area contributed by atoms with Crippen LogP contribution >= 0.6 is 0 Å². The van der Waals surface area contributed by atoms with Gasteiger partial charge in [-0.05, 0) is 30.7 Å². The number of sulfonamides is 1. The number of furan rings is 1. The third kappa shape index (κ3) is 3.49. The molecule has 3 aromatic carbocycles. The minimum Gasteiger partial charge on any atom is -0.545 e. The standard InChI is InChI=1S/C22H17NO7S/c1-12-19(22(26)29-2)17-11-18(15-5-3-4-6-16(15)20(17)30-12)23-31(27,28)14-9-7-13(8-10-14)21(24)25/h3-11,23H,1-2H3,(H,24,25)/p-1. The second-order valence-corrected chi connectivity index (χ2v) is 8.47. The van der Waals surface area contributed by atoms with Crippen LogP contribution in [-0.4, -0.2) is 27.5 Å². The molecule has 1 heterocycles. The van der Waals surface area contributed by atoms with Crippen molar-refractivity contribution in [3.8, 4) is 0 Å². The third-order valence-corrected chi connectivity index (χ3v) is 6.29. The van der Waals surface area contributed by atoms with Gasteiger partial charge in [0.05, 0.1) is 23.7 Å². The predicted octanol–water partition coefficient (Wildman–Crippen LogP) is 2.85. The van der Waals surface area contributed by atoms with Crippen LogP contribution in [0.2, 0.25) is 0 Å². The van der Waals surface area contributed by atoms with Gasteiger partial charge >= 0.3 is 5.97 Å². The predicted molar refractivity (Wildman–Crippen MR) is 111 cm³/mol. The Hall–Kier alpha value is -3.85. The van der Waals surface area contributed by atoms with Gasteiger partial charge in [-0.25, -0.2) is 13.2 Å². The summed E-state index contributed by atoms with van der Waals surface area (Å²) in [4.78, 5) is 23.1. The van der Waals surface area contributed by atoms with E-state index in [-0.39, 0.29) is 21.7 Å². The first-order valence-corrected chi connectivity index (χ1v) is 10.6. The van der Waals surface area contributed by atoms with E-state index >= 15 is 0 Å². The number of hydrogen-bond acceptors (Lipinski definition) is 7. The van der Waals surface area contributed by atoms with Gasteiger partial charge in [-0.3, -0.25) is 4.72 Å². The van der Waals surface area contributed by atoms with E-state index in [1.54, 1.807) is 31.2 Å². The Morgan fingerprint density at radius 1 is 1.00 bits per heavy atom. The number of carboxylic acid groups (broad SMARTS) is 1. The van der Waals surface area contributed by atoms with Crippen LogP contribution in [0.25, 0.3) is 21.7 Å². The number of rotatable bonds is 5. The zero-order chi connectivity index (χ0) is 22.3. The first-order valence-electron chi connectivity index (χ1n) is 9.10. The molecule has 0 spiro atoms. The van der Waals surface area contributed by atoms with Crippen molar-refractivity contribution >= 4 is 49.4 Å². The van der Waals surface area contributed by atoms with E-state index in [1.807, 2.05) is 0 Å². The smallest absolute Gasteiger partial charge is 0.342 e. The summed E-state index contributed by atoms with van der Waals surface area (Å²) in [5.74, 6) is -1.65. The highest BCUT2D eigenvalue weighted by Crippen LogP contribution is 2.37. The van der Waals surface area contributed by atoms with Crippen molar-refractivity contribution in [2.45, 2.75) is 11.8 Å². The summed E-state index contributed by atoms with van der Waals surface area (Å²) in [7, 11) is -2.81. The number of ether oxygens (including phenoxy) is 1. The fourth-order valence-electron chi connectivity index (χ4n) is 3.45. The number of carbonyl (C=O) groups is 2. The minimum absolute atomic E-state index is 0.127. The summed E-state index contributed by atoms with van der Waals surface area (Å²) in [5, 5.41) is 12.5. The van der Waals surface area contributed by atoms with Gasteiger partial charge < -0.3 is 19.1 Å². The van der Waals surface area contributed by atoms with Gasteiger partial charge in [0.2, 0.25) is 0 Å². The van der Waals surface area contributed by atoms with Gasteiger partial charge in [0.1, 0.15) is 16.9 Å². The number of carboxylic acids is 1. The van der Waals surface area contributed by atoms with Crippen LogP contribution in [0.3, 0.4) is 0 Å². The molecule has 0 radical (unpaired) electrons. The number of carbonyl (C=O) groups excluding carboxylic acids is 2. The molecule has 0 atom stereocenters. The Morgan fingerprint density at radius 2 is 1.65 bits per heavy atom. The molecule has 0 saturated heterocycles. The molecule has 0 aliphatic rings. The zero-order valence-corrected chi connectivity index (χ0v) is 17.3. The summed E-state index contributed by atoms with van der Waals surface area (Å²) in [5.41, 5.74) is 0.747. The molecule has 31 heavy (non-hydrogen) atoms. The molecular weight excluding hydrogens is 422 g/mol. The lowest BCUT2D eigenvalue weighted by Gasteiger charge is -2.12. The first kappa shape index (κ1) is 20.4. The molecule has 0 unspecified atom stereocenters. The molecule has 4 aromatic rings. The molecule has 0 aliphatic carbocycles. The van der Waals surface area contributed by atoms with Crippen LogP contribution in [0, 0.1) is 6.92 Å². The van der Waals surface area contributed by atoms with Crippen molar-refractivity contribution in [3.05, 3.63) is 71.5 Å². The number of hydrogen-bond donors (Lipinski definition) is 1. The van der Waals surface area contributed by atoms with Crippen molar-refractivity contribution in [1.82, 2.24) is 0 Å². The number of benzene rings is 3. The summed E-state index contributed by atoms with van der Waals surface area (Å²) in [6.07, 6.45) is 0. The SMILES string of the molecule is COC(=O)c1c(C)oc2c1cc(NS(=O)(=O)c1ccc(C(=O)[O-])cc1)c1ccccc12. The monoisotopic (exact) mass is 438 g/mol. The Morgan fingerprint density at radius 3 is 2.26 bits per heavy atom. The van der Waals surface area contributed by atoms with Crippen LogP contribution in [0.1, 0.15) is 26.5 Å². The molecule has 0 aliphatic heterocycles. The molecule has 1 N–H and O–H groups in total. The molecule has 0 fully saturated rings. The molecule has 158 valence electrons. The number of anilines is 1. The van der Waals surface area contributed by atoms with E-state index in [2.05, 4.69) is 4.72 Å². The van der Waals surface area contributed by atoms with Gasteiger partial charge in [0, 0.05) is 16.2 Å². The lowest BCUT2D eigenvalue weighted by molar-refractivity contribution is -0.255. The number of aryl methyl sites for hydroxylation is 1. The minimum atomic E-state index is -4.06. The molecular formula is C22H16NO7S-. The quantitative estimate of drug-likeness (QED) is 0.475. The number of fused-ring (bicyclic) bond motifs is 3. The van der Waals surface area contributed by atoms with Gasteiger partial charge in [-0.1, -0.05) is 36.4 Å². The van der Waals surface area contributed by atoms with Crippen molar-refractivity contribution in [1.29, 1.82) is 0 Å². The van der Waals surface area contributed by atoms with Gasteiger partial charge in [-0.2, -0.15) is 0 Å². The van der Waals surface area contributed by atoms with Crippen molar-refractivity contribution in [3.63, 3.8) is 0 Å². The Kier molecular flexibility index (Phi) is 4.90. The van der Waals surface area contributed by atoms with Crippen LogP contribution in [0.4, 0.5) is 5.69 Å². The maximum absolute atomic E-state index is 13.0. The highest BCUT2D eigenvalue weighted by Gasteiger charge is 2.23. The summed E-state index contributed by atoms with van der Waals surface area (Å²) in [6, 6.07) is 13.2. The second-order valence-electron chi connectivity index (χ2n) is 6.79. The van der Waals surface area contributed by atoms with Crippen LogP contribution in [0.15, 0.2) is 63.9 Å². The maximum Gasteiger partial charge on any atom is 0.342 e. The molecule has 9 heteroatoms. The molecule has 0 bridgehead atoms. The fraction of sp³-hybridized carbons (Fsp3) is 0.0909. The number of aromatic carboxylic acids is 1. The van der Waals surface area contributed by atoms with E-state index < -0.39 is 22.0 Å². The van der Waals surface area contributed by atoms with Gasteiger partial charge in [-0.15, -0.1) is 0 Å². The average molecular weight is 438 g/mol. The molecule has 0 amide bonds. The molecule has 4 rings (SSSR count). The lowest BCUT2D eigenvalue weighted by atomic mass is 10.0. The Bertz CT molecular complexity index is 1450. The Balaban J connectivity index is 1.90. The van der Waals surface area contributed by atoms with E-state index in [4.69, 9.17) is 9.15 Å². The van der Waals surface area contributed by atoms with Crippen molar-refractivity contribution in [2.75, 3.05) is 11.8 Å². The molecule has 0 saturated carbocycles. The highest BCUT2D eigenvalue weighted by atomic mass is 32.2. The lowest BCUT2D eigenvalue weighted by Crippen LogP contribution is -2.22. The van der Waals surface area contributed by atoms with Crippen LogP contribution in [-0.2, 0) is 14.8 Å². The van der Waals surface area contributed by atoms with Crippen molar-refractivity contribution < 1.29 is 32.3 Å². The molecule has 8 nitrogen and oxygen atoms in total. The third-order valence-electron chi connectivity index (χ3n) is 4.91. The van der Waals surface area contributed by atoms with E-state index in [0.717, 1.165) is 12.1 Å². The number of esters is 1. The average Bonchev–Trinajstić information content (AvgIpc) is 3.09. The fourth-order valence-corrected chi connectivity index (χ4v) is 4.52. The summed E-state index contributed by atoms with van der Waals surface area (Å²) in [6.45, 7) is 1.63. The van der Waals surface area contributed by atoms with Gasteiger partial charge in [0.25, 0.3) is 10.0 Å². The Labute approximate surface area is 177 Å².